The van der Waals surface area contributed by atoms with Gasteiger partial charge in [0.2, 0.25) is 0 Å². The number of carbonyl (C=O) groups excluding carboxylic acids is 1. The zero-order valence-electron chi connectivity index (χ0n) is 14.7. The van der Waals surface area contributed by atoms with Gasteiger partial charge in [-0.25, -0.2) is 0 Å². The van der Waals surface area contributed by atoms with Crippen LogP contribution in [0.3, 0.4) is 0 Å². The summed E-state index contributed by atoms with van der Waals surface area (Å²) >= 11 is 0. The molecule has 1 aromatic heterocycles. The average molecular weight is 361 g/mol. The number of esters is 1. The van der Waals surface area contributed by atoms with Crippen molar-refractivity contribution >= 4 is 31.2 Å². The Balaban J connectivity index is 2.49. The van der Waals surface area contributed by atoms with Crippen molar-refractivity contribution in [3.05, 3.63) is 24.2 Å². The molecule has 0 saturated heterocycles. The second-order valence-electron chi connectivity index (χ2n) is 7.39. The maximum atomic E-state index is 12.0. The van der Waals surface area contributed by atoms with Gasteiger partial charge in [0.05, 0.1) is 12.3 Å². The van der Waals surface area contributed by atoms with Crippen LogP contribution in [-0.2, 0) is 24.4 Å². The van der Waals surface area contributed by atoms with Gasteiger partial charge in [-0.05, 0) is 58.0 Å². The van der Waals surface area contributed by atoms with E-state index in [0.717, 1.165) is 0 Å². The predicted octanol–water partition coefficient (Wildman–Crippen LogP) is 4.10. The van der Waals surface area contributed by atoms with E-state index in [4.69, 9.17) is 17.4 Å². The fraction of sp³-hybridized carbons (Fsp3) is 0.643. The lowest BCUT2D eigenvalue weighted by atomic mass is 10.5. The molecule has 0 aromatic carbocycles. The van der Waals surface area contributed by atoms with Crippen molar-refractivity contribution in [1.82, 2.24) is 0 Å². The first-order valence-electron chi connectivity index (χ1n) is 7.47. The Labute approximate surface area is 136 Å². The van der Waals surface area contributed by atoms with E-state index in [1.807, 2.05) is 26.2 Å². The van der Waals surface area contributed by atoms with Crippen LogP contribution in [-0.4, -0.2) is 31.2 Å². The van der Waals surface area contributed by atoms with E-state index in [0.29, 0.717) is 11.8 Å². The predicted molar refractivity (Wildman–Crippen MR) is 93.8 cm³/mol. The molecular weight excluding hydrogens is 332 g/mol. The molecule has 0 fully saturated rings. The van der Waals surface area contributed by atoms with E-state index in [-0.39, 0.29) is 12.6 Å². The smallest absolute Gasteiger partial charge is 0.311 e. The van der Waals surface area contributed by atoms with Crippen LogP contribution in [0, 0.1) is 0 Å². The van der Waals surface area contributed by atoms with Crippen LogP contribution in [0.4, 0.5) is 0 Å². The minimum atomic E-state index is -2.22. The normalized spacial score (nSPS) is 13.2. The van der Waals surface area contributed by atoms with Gasteiger partial charge in [-0.1, -0.05) is 0 Å². The Bertz CT molecular complexity index is 477. The van der Waals surface area contributed by atoms with Gasteiger partial charge in [-0.2, -0.15) is 0 Å². The Hall–Kier alpha value is -0.679. The van der Waals surface area contributed by atoms with Crippen molar-refractivity contribution in [2.75, 3.05) is 0 Å². The molecule has 0 aliphatic carbocycles. The Morgan fingerprint density at radius 2 is 1.73 bits per heavy atom. The van der Waals surface area contributed by atoms with Gasteiger partial charge in [0.15, 0.2) is 16.6 Å². The Morgan fingerprint density at radius 3 is 2.23 bits per heavy atom. The molecule has 0 unspecified atom stereocenters. The second-order valence-corrected chi connectivity index (χ2v) is 19.9. The highest BCUT2D eigenvalue weighted by molar-refractivity contribution is 6.88. The highest BCUT2D eigenvalue weighted by Crippen LogP contribution is 2.23. The lowest BCUT2D eigenvalue weighted by molar-refractivity contribution is -0.142. The molecule has 1 aromatic rings. The van der Waals surface area contributed by atoms with E-state index in [1.54, 1.807) is 18.4 Å². The third-order valence-corrected chi connectivity index (χ3v) is 12.3. The van der Waals surface area contributed by atoms with E-state index in [9.17, 15) is 4.79 Å². The van der Waals surface area contributed by atoms with Gasteiger partial charge in [0.25, 0.3) is 0 Å². The number of hydrogen-bond acceptors (Lipinski definition) is 5. The minimum Gasteiger partial charge on any atom is -0.466 e. The lowest BCUT2D eigenvalue weighted by Gasteiger charge is -2.37. The molecule has 5 nitrogen and oxygen atoms in total. The molecule has 0 spiro atoms. The second kappa shape index (κ2) is 7.26. The van der Waals surface area contributed by atoms with Gasteiger partial charge < -0.3 is 17.4 Å². The number of rotatable bonds is 8. The topological polar surface area (TPSA) is 57.9 Å². The van der Waals surface area contributed by atoms with E-state index in [1.165, 1.54) is 0 Å². The fourth-order valence-corrected chi connectivity index (χ4v) is 15.3. The number of furan rings is 1. The van der Waals surface area contributed by atoms with Gasteiger partial charge in [0.1, 0.15) is 12.4 Å². The zero-order chi connectivity index (χ0) is 17.0. The molecule has 0 N–H and O–H groups in total. The molecule has 0 saturated carbocycles. The van der Waals surface area contributed by atoms with Crippen LogP contribution in [0.15, 0.2) is 22.8 Å². The number of carbonyl (C=O) groups is 1. The summed E-state index contributed by atoms with van der Waals surface area (Å²) in [5, 5.41) is 0. The average Bonchev–Trinajstić information content (AvgIpc) is 2.72. The first-order chi connectivity index (χ1) is 9.89. The monoisotopic (exact) mass is 360 g/mol. The molecule has 0 amide bonds. The Kier molecular flexibility index (Phi) is 6.39. The number of ether oxygens (including phenoxy) is 1. The van der Waals surface area contributed by atoms with Crippen molar-refractivity contribution < 1.29 is 22.2 Å². The first-order valence-corrected chi connectivity index (χ1v) is 16.8. The van der Waals surface area contributed by atoms with Crippen LogP contribution in [0.1, 0.15) is 5.76 Å². The lowest BCUT2D eigenvalue weighted by Crippen LogP contribution is -2.52. The van der Waals surface area contributed by atoms with Crippen molar-refractivity contribution in [1.29, 1.82) is 0 Å². The molecule has 1 heterocycles. The van der Waals surface area contributed by atoms with Crippen LogP contribution in [0.25, 0.3) is 0 Å². The molecule has 0 radical (unpaired) electrons. The third kappa shape index (κ3) is 8.09. The molecule has 0 aliphatic heterocycles. The van der Waals surface area contributed by atoms with Crippen molar-refractivity contribution in [2.24, 2.45) is 0 Å². The van der Waals surface area contributed by atoms with Crippen LogP contribution in [0.2, 0.25) is 51.9 Å². The minimum absolute atomic E-state index is 0.169. The maximum absolute atomic E-state index is 12.0. The fourth-order valence-electron chi connectivity index (χ4n) is 2.40. The quantitative estimate of drug-likeness (QED) is 0.516. The summed E-state index contributed by atoms with van der Waals surface area (Å²) in [5.41, 5.74) is 0. The summed E-state index contributed by atoms with van der Waals surface area (Å²) in [6, 6.07) is 3.87. The molecule has 8 heteroatoms. The van der Waals surface area contributed by atoms with Crippen molar-refractivity contribution in [3.63, 3.8) is 0 Å². The third-order valence-electron chi connectivity index (χ3n) is 2.60. The highest BCUT2D eigenvalue weighted by atomic mass is 28.5. The van der Waals surface area contributed by atoms with Crippen molar-refractivity contribution in [3.8, 4) is 0 Å². The molecule has 0 aliphatic rings. The molecule has 126 valence electrons. The molecular formula is C14H28O5Si3. The summed E-state index contributed by atoms with van der Waals surface area (Å²) in [4.78, 5) is 12.0. The first kappa shape index (κ1) is 19.4. The van der Waals surface area contributed by atoms with Crippen LogP contribution >= 0.6 is 0 Å². The SMILES string of the molecule is C[Si](C)(C)O[Si](C)(C)O[Si](C)(C)CC(=O)OCc1ccco1. The highest BCUT2D eigenvalue weighted by Gasteiger charge is 2.39. The Morgan fingerprint density at radius 1 is 1.09 bits per heavy atom. The molecule has 22 heavy (non-hydrogen) atoms. The van der Waals surface area contributed by atoms with Crippen LogP contribution < -0.4 is 0 Å². The maximum Gasteiger partial charge on any atom is 0.311 e. The summed E-state index contributed by atoms with van der Waals surface area (Å²) < 4.78 is 22.8. The van der Waals surface area contributed by atoms with Crippen molar-refractivity contribution in [2.45, 2.75) is 58.5 Å². The van der Waals surface area contributed by atoms with E-state index in [2.05, 4.69) is 19.6 Å². The largest absolute Gasteiger partial charge is 0.466 e. The van der Waals surface area contributed by atoms with Crippen LogP contribution in [0.5, 0.6) is 0 Å². The van der Waals surface area contributed by atoms with E-state index >= 15 is 0 Å². The summed E-state index contributed by atoms with van der Waals surface area (Å²) in [6.45, 7) is 14.8. The summed E-state index contributed by atoms with van der Waals surface area (Å²) in [5.74, 6) is 0.399. The van der Waals surface area contributed by atoms with Gasteiger partial charge in [0, 0.05) is 0 Å². The molecule has 0 atom stereocenters. The van der Waals surface area contributed by atoms with Gasteiger partial charge in [-0.15, -0.1) is 0 Å². The van der Waals surface area contributed by atoms with Gasteiger partial charge >= 0.3 is 14.5 Å². The zero-order valence-corrected chi connectivity index (χ0v) is 17.7. The summed E-state index contributed by atoms with van der Waals surface area (Å²) in [7, 11) is -6.04. The van der Waals surface area contributed by atoms with Gasteiger partial charge in [-0.3, -0.25) is 4.79 Å². The van der Waals surface area contributed by atoms with E-state index < -0.39 is 25.2 Å². The molecule has 0 bridgehead atoms. The number of hydrogen-bond donors (Lipinski definition) is 0. The standard InChI is InChI=1S/C14H28O5Si3/c1-20(2,3)18-22(6,7)19-21(4,5)12-14(15)17-11-13-9-8-10-16-13/h8-10H,11-12H2,1-7H3. The molecule has 1 rings (SSSR count). The summed E-state index contributed by atoms with van der Waals surface area (Å²) in [6.07, 6.45) is 1.56.